The Morgan fingerprint density at radius 2 is 1.76 bits per heavy atom. The van der Waals surface area contributed by atoms with Crippen LogP contribution >= 0.6 is 0 Å². The molecule has 1 amide bonds. The molecule has 4 heteroatoms. The molecule has 4 nitrogen and oxygen atoms in total. The van der Waals surface area contributed by atoms with E-state index in [0.29, 0.717) is 13.2 Å². The molecule has 0 fully saturated rings. The zero-order valence-electron chi connectivity index (χ0n) is 17.2. The van der Waals surface area contributed by atoms with E-state index in [2.05, 4.69) is 37.4 Å². The number of benzene rings is 3. The Morgan fingerprint density at radius 3 is 2.59 bits per heavy atom. The van der Waals surface area contributed by atoms with E-state index in [4.69, 9.17) is 4.74 Å². The first kappa shape index (κ1) is 19.3. The Labute approximate surface area is 172 Å². The fraction of sp³-hybridized carbons (Fsp3) is 0.320. The highest BCUT2D eigenvalue weighted by Gasteiger charge is 2.34. The summed E-state index contributed by atoms with van der Waals surface area (Å²) in [6, 6.07) is 20.2. The van der Waals surface area contributed by atoms with Gasteiger partial charge >= 0.3 is 0 Å². The first-order valence-electron chi connectivity index (χ1n) is 10.6. The second kappa shape index (κ2) is 8.56. The predicted molar refractivity (Wildman–Crippen MR) is 118 cm³/mol. The van der Waals surface area contributed by atoms with Gasteiger partial charge in [0.2, 0.25) is 0 Å². The predicted octanol–water partition coefficient (Wildman–Crippen LogP) is 6.00. The van der Waals surface area contributed by atoms with Crippen molar-refractivity contribution in [2.24, 2.45) is 0 Å². The Morgan fingerprint density at radius 1 is 0.966 bits per heavy atom. The van der Waals surface area contributed by atoms with Crippen LogP contribution in [-0.4, -0.2) is 24.0 Å². The molecule has 0 aromatic heterocycles. The number of rotatable bonds is 7. The number of hydrogen-bond acceptors (Lipinski definition) is 3. The maximum atomic E-state index is 13.3. The van der Waals surface area contributed by atoms with E-state index in [0.717, 1.165) is 52.6 Å². The third kappa shape index (κ3) is 3.67. The highest BCUT2D eigenvalue weighted by Crippen LogP contribution is 2.40. The molecule has 29 heavy (non-hydrogen) atoms. The van der Waals surface area contributed by atoms with Gasteiger partial charge in [0.05, 0.1) is 12.2 Å². The van der Waals surface area contributed by atoms with Crippen LogP contribution in [0.5, 0.6) is 5.75 Å². The largest absolute Gasteiger partial charge is 0.493 e. The molecule has 0 saturated carbocycles. The number of fused-ring (bicyclic) bond motifs is 2. The summed E-state index contributed by atoms with van der Waals surface area (Å²) in [5, 5.41) is 5.89. The quantitative estimate of drug-likeness (QED) is 0.505. The topological polar surface area (TPSA) is 41.6 Å². The zero-order valence-corrected chi connectivity index (χ0v) is 17.2. The summed E-state index contributed by atoms with van der Waals surface area (Å²) in [4.78, 5) is 15.3. The zero-order chi connectivity index (χ0) is 20.2. The molecule has 0 bridgehead atoms. The molecule has 1 aliphatic heterocycles. The first-order valence-corrected chi connectivity index (χ1v) is 10.6. The normalized spacial score (nSPS) is 15.9. The van der Waals surface area contributed by atoms with Crippen LogP contribution in [0.25, 0.3) is 10.8 Å². The highest BCUT2D eigenvalue weighted by atomic mass is 16.5. The average Bonchev–Trinajstić information content (AvgIpc) is 2.76. The van der Waals surface area contributed by atoms with Gasteiger partial charge in [-0.3, -0.25) is 4.79 Å². The van der Waals surface area contributed by atoms with Crippen LogP contribution in [0.4, 0.5) is 5.69 Å². The molecule has 3 aromatic carbocycles. The number of anilines is 1. The Hall–Kier alpha value is -3.01. The lowest BCUT2D eigenvalue weighted by molar-refractivity contribution is 0.0682. The molecular formula is C25H28N2O2. The van der Waals surface area contributed by atoms with Gasteiger partial charge in [-0.15, -0.1) is 0 Å². The molecule has 0 spiro atoms. The first-order chi connectivity index (χ1) is 14.2. The van der Waals surface area contributed by atoms with Crippen molar-refractivity contribution in [3.8, 4) is 5.75 Å². The van der Waals surface area contributed by atoms with Crippen molar-refractivity contribution in [1.29, 1.82) is 0 Å². The van der Waals surface area contributed by atoms with Gasteiger partial charge in [-0.25, -0.2) is 0 Å². The second-order valence-corrected chi connectivity index (χ2v) is 7.49. The summed E-state index contributed by atoms with van der Waals surface area (Å²) in [5.74, 6) is 0.918. The maximum absolute atomic E-state index is 13.3. The van der Waals surface area contributed by atoms with E-state index in [9.17, 15) is 4.79 Å². The van der Waals surface area contributed by atoms with Gasteiger partial charge in [-0.2, -0.15) is 0 Å². The third-order valence-corrected chi connectivity index (χ3v) is 5.45. The average molecular weight is 389 g/mol. The Kier molecular flexibility index (Phi) is 5.70. The van der Waals surface area contributed by atoms with E-state index in [-0.39, 0.29) is 12.1 Å². The van der Waals surface area contributed by atoms with Crippen molar-refractivity contribution in [3.63, 3.8) is 0 Å². The smallest absolute Gasteiger partial charge is 0.257 e. The van der Waals surface area contributed by atoms with Crippen LogP contribution in [-0.2, 0) is 0 Å². The number of amides is 1. The van der Waals surface area contributed by atoms with Crippen molar-refractivity contribution in [2.45, 2.75) is 39.3 Å². The molecule has 1 N–H and O–H groups in total. The molecule has 1 aliphatic rings. The van der Waals surface area contributed by atoms with Crippen molar-refractivity contribution in [3.05, 3.63) is 71.8 Å². The fourth-order valence-corrected chi connectivity index (χ4v) is 4.00. The Balaban J connectivity index is 1.86. The van der Waals surface area contributed by atoms with E-state index in [1.165, 1.54) is 0 Å². The summed E-state index contributed by atoms with van der Waals surface area (Å²) < 4.78 is 6.21. The lowest BCUT2D eigenvalue weighted by Crippen LogP contribution is -2.43. The summed E-state index contributed by atoms with van der Waals surface area (Å²) in [6.07, 6.45) is 2.71. The van der Waals surface area contributed by atoms with E-state index in [1.807, 2.05) is 47.4 Å². The second-order valence-electron chi connectivity index (χ2n) is 7.49. The van der Waals surface area contributed by atoms with Gasteiger partial charge in [0.15, 0.2) is 0 Å². The number of hydrogen-bond donors (Lipinski definition) is 1. The molecule has 3 aromatic rings. The van der Waals surface area contributed by atoms with Crippen LogP contribution in [0.15, 0.2) is 60.7 Å². The van der Waals surface area contributed by atoms with Gasteiger partial charge in [-0.1, -0.05) is 62.7 Å². The van der Waals surface area contributed by atoms with E-state index >= 15 is 0 Å². The van der Waals surface area contributed by atoms with E-state index in [1.54, 1.807) is 0 Å². The number of carbonyl (C=O) groups is 1. The van der Waals surface area contributed by atoms with Crippen molar-refractivity contribution >= 4 is 22.4 Å². The third-order valence-electron chi connectivity index (χ3n) is 5.45. The summed E-state index contributed by atoms with van der Waals surface area (Å²) in [7, 11) is 0. The molecule has 1 unspecified atom stereocenters. The van der Waals surface area contributed by atoms with Crippen LogP contribution in [0, 0.1) is 0 Å². The maximum Gasteiger partial charge on any atom is 0.257 e. The lowest BCUT2D eigenvalue weighted by Gasteiger charge is -2.39. The standard InChI is InChI=1S/C25H28N2O2/c1-3-5-17-29-22-15-14-18-10-6-7-11-19(18)23(22)24-26-21-13-9-8-12-20(21)25(28)27(24)16-4-2/h6-15,24,26H,3-5,16-17H2,1-2H3. The summed E-state index contributed by atoms with van der Waals surface area (Å²) in [6.45, 7) is 5.62. The molecule has 150 valence electrons. The number of nitrogens with one attached hydrogen (secondary N) is 1. The van der Waals surface area contributed by atoms with Crippen molar-refractivity contribution in [2.75, 3.05) is 18.5 Å². The van der Waals surface area contributed by atoms with Crippen molar-refractivity contribution in [1.82, 2.24) is 4.90 Å². The molecule has 0 saturated heterocycles. The number of carbonyl (C=O) groups excluding carboxylic acids is 1. The van der Waals surface area contributed by atoms with Crippen molar-refractivity contribution < 1.29 is 9.53 Å². The minimum Gasteiger partial charge on any atom is -0.493 e. The molecule has 0 aliphatic carbocycles. The minimum absolute atomic E-state index is 0.0682. The molecule has 4 rings (SSSR count). The van der Waals surface area contributed by atoms with Crippen LogP contribution in [0.3, 0.4) is 0 Å². The molecule has 1 atom stereocenters. The number of nitrogens with zero attached hydrogens (tertiary/aromatic N) is 1. The lowest BCUT2D eigenvalue weighted by atomic mass is 9.97. The highest BCUT2D eigenvalue weighted by molar-refractivity contribution is 6.02. The van der Waals surface area contributed by atoms with Gasteiger partial charge in [0.25, 0.3) is 5.91 Å². The molecular weight excluding hydrogens is 360 g/mol. The fourth-order valence-electron chi connectivity index (χ4n) is 4.00. The molecule has 1 heterocycles. The van der Waals surface area contributed by atoms with Crippen LogP contribution in [0.1, 0.15) is 55.2 Å². The number of ether oxygens (including phenoxy) is 1. The summed E-state index contributed by atoms with van der Waals surface area (Å²) >= 11 is 0. The van der Waals surface area contributed by atoms with Gasteiger partial charge < -0.3 is 15.0 Å². The SMILES string of the molecule is CCCCOc1ccc2ccccc2c1C1Nc2ccccc2C(=O)N1CCC. The number of para-hydroxylation sites is 1. The monoisotopic (exact) mass is 388 g/mol. The van der Waals surface area contributed by atoms with Gasteiger partial charge in [0, 0.05) is 17.8 Å². The van der Waals surface area contributed by atoms with Crippen LogP contribution < -0.4 is 10.1 Å². The van der Waals surface area contributed by atoms with Gasteiger partial charge in [-0.05, 0) is 41.8 Å². The summed E-state index contributed by atoms with van der Waals surface area (Å²) in [5.41, 5.74) is 2.64. The number of unbranched alkanes of at least 4 members (excludes halogenated alkanes) is 1. The van der Waals surface area contributed by atoms with Crippen LogP contribution in [0.2, 0.25) is 0 Å². The Bertz CT molecular complexity index is 1010. The van der Waals surface area contributed by atoms with E-state index < -0.39 is 0 Å². The van der Waals surface area contributed by atoms with Gasteiger partial charge in [0.1, 0.15) is 11.9 Å². The molecule has 0 radical (unpaired) electrons. The minimum atomic E-state index is -0.264.